The van der Waals surface area contributed by atoms with Crippen LogP contribution in [0.2, 0.25) is 0 Å². The fraction of sp³-hybridized carbons (Fsp3) is 0.611. The predicted molar refractivity (Wildman–Crippen MR) is 83.6 cm³/mol. The number of ether oxygens (including phenoxy) is 1. The molecular formula is C18H26O3. The molecule has 0 heterocycles. The number of para-hydroxylation sites is 1. The third-order valence-corrected chi connectivity index (χ3v) is 4.78. The largest absolute Gasteiger partial charge is 0.496 e. The van der Waals surface area contributed by atoms with Crippen molar-refractivity contribution in [1.82, 2.24) is 0 Å². The molecule has 1 fully saturated rings. The van der Waals surface area contributed by atoms with Crippen LogP contribution in [0.1, 0.15) is 44.6 Å². The maximum Gasteiger partial charge on any atom is 0.306 e. The Labute approximate surface area is 127 Å². The standard InChI is InChI=1S/C18H26O3/c1-3-6-13-9-10-16(18(19)20)15(11-13)12-14-7-4-5-8-17(14)21-2/h4-5,7-8,13,15-16H,3,6,9-12H2,1-2H3,(H,19,20). The van der Waals surface area contributed by atoms with Crippen LogP contribution in [0, 0.1) is 17.8 Å². The van der Waals surface area contributed by atoms with Gasteiger partial charge in [-0.15, -0.1) is 0 Å². The van der Waals surface area contributed by atoms with Gasteiger partial charge in [-0.2, -0.15) is 0 Å². The lowest BCUT2D eigenvalue weighted by Crippen LogP contribution is -2.32. The van der Waals surface area contributed by atoms with Crippen LogP contribution >= 0.6 is 0 Å². The number of carbonyl (C=O) groups is 1. The molecule has 1 aromatic rings. The van der Waals surface area contributed by atoms with E-state index in [1.807, 2.05) is 18.2 Å². The Morgan fingerprint density at radius 1 is 1.33 bits per heavy atom. The van der Waals surface area contributed by atoms with E-state index >= 15 is 0 Å². The van der Waals surface area contributed by atoms with Gasteiger partial charge in [0.25, 0.3) is 0 Å². The van der Waals surface area contributed by atoms with Crippen LogP contribution in [0.5, 0.6) is 5.75 Å². The molecule has 3 unspecified atom stereocenters. The minimum Gasteiger partial charge on any atom is -0.496 e. The molecule has 0 radical (unpaired) electrons. The maximum atomic E-state index is 11.5. The SMILES string of the molecule is CCCC1CCC(C(=O)O)C(Cc2ccccc2OC)C1. The third-order valence-electron chi connectivity index (χ3n) is 4.78. The van der Waals surface area contributed by atoms with Crippen LogP contribution < -0.4 is 4.74 Å². The van der Waals surface area contributed by atoms with Crippen molar-refractivity contribution in [1.29, 1.82) is 0 Å². The Hall–Kier alpha value is -1.51. The number of benzene rings is 1. The van der Waals surface area contributed by atoms with Crippen LogP contribution in [-0.4, -0.2) is 18.2 Å². The van der Waals surface area contributed by atoms with Crippen molar-refractivity contribution in [3.63, 3.8) is 0 Å². The molecule has 1 saturated carbocycles. The smallest absolute Gasteiger partial charge is 0.306 e. The van der Waals surface area contributed by atoms with Gasteiger partial charge in [0, 0.05) is 0 Å². The fourth-order valence-electron chi connectivity index (χ4n) is 3.74. The summed E-state index contributed by atoms with van der Waals surface area (Å²) in [5.41, 5.74) is 1.13. The molecule has 1 aliphatic rings. The average molecular weight is 290 g/mol. The second kappa shape index (κ2) is 7.48. The van der Waals surface area contributed by atoms with E-state index < -0.39 is 5.97 Å². The van der Waals surface area contributed by atoms with Crippen molar-refractivity contribution >= 4 is 5.97 Å². The number of aliphatic carboxylic acids is 1. The first-order chi connectivity index (χ1) is 10.2. The Bertz CT molecular complexity index is 469. The van der Waals surface area contributed by atoms with Gasteiger partial charge in [0.2, 0.25) is 0 Å². The van der Waals surface area contributed by atoms with Crippen molar-refractivity contribution < 1.29 is 14.6 Å². The number of carboxylic acids is 1. The van der Waals surface area contributed by atoms with Gasteiger partial charge in [0.1, 0.15) is 5.75 Å². The number of hydrogen-bond acceptors (Lipinski definition) is 2. The van der Waals surface area contributed by atoms with Crippen molar-refractivity contribution in [2.75, 3.05) is 7.11 Å². The predicted octanol–water partition coefficient (Wildman–Crippen LogP) is 4.15. The first kappa shape index (κ1) is 15.9. The molecule has 3 nitrogen and oxygen atoms in total. The summed E-state index contributed by atoms with van der Waals surface area (Å²) in [4.78, 5) is 11.5. The topological polar surface area (TPSA) is 46.5 Å². The van der Waals surface area contributed by atoms with Gasteiger partial charge in [0.15, 0.2) is 0 Å². The zero-order valence-electron chi connectivity index (χ0n) is 13.0. The number of hydrogen-bond donors (Lipinski definition) is 1. The van der Waals surface area contributed by atoms with E-state index in [-0.39, 0.29) is 11.8 Å². The molecule has 1 N–H and O–H groups in total. The molecule has 0 amide bonds. The van der Waals surface area contributed by atoms with Gasteiger partial charge >= 0.3 is 5.97 Å². The summed E-state index contributed by atoms with van der Waals surface area (Å²) < 4.78 is 5.41. The van der Waals surface area contributed by atoms with Crippen molar-refractivity contribution in [3.8, 4) is 5.75 Å². The van der Waals surface area contributed by atoms with E-state index in [0.29, 0.717) is 5.92 Å². The lowest BCUT2D eigenvalue weighted by Gasteiger charge is -2.34. The first-order valence-corrected chi connectivity index (χ1v) is 8.00. The normalized spacial score (nSPS) is 25.5. The van der Waals surface area contributed by atoms with Gasteiger partial charge in [-0.05, 0) is 49.1 Å². The maximum absolute atomic E-state index is 11.5. The highest BCUT2D eigenvalue weighted by Gasteiger charge is 2.34. The second-order valence-electron chi connectivity index (χ2n) is 6.19. The van der Waals surface area contributed by atoms with E-state index in [9.17, 15) is 9.90 Å². The molecule has 0 bridgehead atoms. The van der Waals surface area contributed by atoms with Crippen molar-refractivity contribution in [3.05, 3.63) is 29.8 Å². The van der Waals surface area contributed by atoms with Crippen molar-refractivity contribution in [2.24, 2.45) is 17.8 Å². The summed E-state index contributed by atoms with van der Waals surface area (Å²) in [5.74, 6) is 0.946. The molecule has 0 aromatic heterocycles. The minimum absolute atomic E-state index is 0.206. The molecular weight excluding hydrogens is 264 g/mol. The summed E-state index contributed by atoms with van der Waals surface area (Å²) in [7, 11) is 1.67. The van der Waals surface area contributed by atoms with Crippen molar-refractivity contribution in [2.45, 2.75) is 45.4 Å². The van der Waals surface area contributed by atoms with Crippen LogP contribution in [0.4, 0.5) is 0 Å². The van der Waals surface area contributed by atoms with Crippen LogP contribution in [-0.2, 0) is 11.2 Å². The third kappa shape index (κ3) is 3.99. The highest BCUT2D eigenvalue weighted by atomic mass is 16.5. The molecule has 1 aliphatic carbocycles. The van der Waals surface area contributed by atoms with Gasteiger partial charge in [0.05, 0.1) is 13.0 Å². The molecule has 116 valence electrons. The summed E-state index contributed by atoms with van der Waals surface area (Å²) >= 11 is 0. The molecule has 21 heavy (non-hydrogen) atoms. The molecule has 3 atom stereocenters. The summed E-state index contributed by atoms with van der Waals surface area (Å²) in [5, 5.41) is 9.50. The average Bonchev–Trinajstić information content (AvgIpc) is 2.48. The Morgan fingerprint density at radius 3 is 2.76 bits per heavy atom. The molecule has 0 spiro atoms. The second-order valence-corrected chi connectivity index (χ2v) is 6.19. The lowest BCUT2D eigenvalue weighted by molar-refractivity contribution is -0.145. The number of methoxy groups -OCH3 is 1. The summed E-state index contributed by atoms with van der Waals surface area (Å²) in [6, 6.07) is 7.97. The lowest BCUT2D eigenvalue weighted by atomic mass is 9.70. The summed E-state index contributed by atoms with van der Waals surface area (Å²) in [6.07, 6.45) is 6.12. The van der Waals surface area contributed by atoms with E-state index in [2.05, 4.69) is 13.0 Å². The quantitative estimate of drug-likeness (QED) is 0.856. The Morgan fingerprint density at radius 2 is 2.10 bits per heavy atom. The summed E-state index contributed by atoms with van der Waals surface area (Å²) in [6.45, 7) is 2.21. The van der Waals surface area contributed by atoms with Gasteiger partial charge in [-0.25, -0.2) is 0 Å². The van der Waals surface area contributed by atoms with E-state index in [1.54, 1.807) is 7.11 Å². The fourth-order valence-corrected chi connectivity index (χ4v) is 3.74. The van der Waals surface area contributed by atoms with Crippen LogP contribution in [0.25, 0.3) is 0 Å². The van der Waals surface area contributed by atoms with Gasteiger partial charge < -0.3 is 9.84 Å². The number of carboxylic acid groups (broad SMARTS) is 1. The van der Waals surface area contributed by atoms with E-state index in [0.717, 1.165) is 37.0 Å². The van der Waals surface area contributed by atoms with Crippen LogP contribution in [0.15, 0.2) is 24.3 Å². The molecule has 0 aliphatic heterocycles. The van der Waals surface area contributed by atoms with E-state index in [4.69, 9.17) is 4.74 Å². The Kier molecular flexibility index (Phi) is 5.66. The monoisotopic (exact) mass is 290 g/mol. The highest BCUT2D eigenvalue weighted by Crippen LogP contribution is 2.39. The van der Waals surface area contributed by atoms with Gasteiger partial charge in [-0.3, -0.25) is 4.79 Å². The molecule has 3 heteroatoms. The minimum atomic E-state index is -0.634. The molecule has 2 rings (SSSR count). The molecule has 0 saturated heterocycles. The van der Waals surface area contributed by atoms with Gasteiger partial charge in [-0.1, -0.05) is 38.0 Å². The van der Waals surface area contributed by atoms with E-state index in [1.165, 1.54) is 12.8 Å². The zero-order chi connectivity index (χ0) is 15.2. The Balaban J connectivity index is 2.13. The van der Waals surface area contributed by atoms with Crippen LogP contribution in [0.3, 0.4) is 0 Å². The zero-order valence-corrected chi connectivity index (χ0v) is 13.0. The highest BCUT2D eigenvalue weighted by molar-refractivity contribution is 5.70. The first-order valence-electron chi connectivity index (χ1n) is 8.00. The molecule has 1 aromatic carbocycles. The number of rotatable bonds is 6.